The average Bonchev–Trinajstić information content (AvgIpc) is 3.60. The molecule has 0 aliphatic carbocycles. The highest BCUT2D eigenvalue weighted by molar-refractivity contribution is 8.10. The fraction of sp³-hybridized carbons (Fsp3) is 0. The van der Waals surface area contributed by atoms with Gasteiger partial charge in [0, 0.05) is 10.8 Å². The monoisotopic (exact) mass is 830 g/mol. The molecule has 0 aliphatic rings. The predicted molar refractivity (Wildman–Crippen MR) is 233 cm³/mol. The first-order chi connectivity index (χ1) is 27.3. The van der Waals surface area contributed by atoms with Crippen LogP contribution in [0.1, 0.15) is 0 Å². The Kier molecular flexibility index (Phi) is 13.2. The Bertz CT molecular complexity index is 2070. The maximum atomic E-state index is 9.75. The van der Waals surface area contributed by atoms with Crippen molar-refractivity contribution in [2.24, 2.45) is 0 Å². The van der Waals surface area contributed by atoms with Crippen molar-refractivity contribution in [3.05, 3.63) is 206 Å². The Balaban J connectivity index is 0.000000492. The Morgan fingerprint density at radius 3 is 0.596 bits per heavy atom. The van der Waals surface area contributed by atoms with Crippen LogP contribution < -0.4 is 41.9 Å². The summed E-state index contributed by atoms with van der Waals surface area (Å²) in [6.07, 6.45) is 0. The van der Waals surface area contributed by atoms with Gasteiger partial charge in [0.1, 0.15) is 56.4 Å². The first-order valence-corrected chi connectivity index (χ1v) is 22.4. The fourth-order valence-electron chi connectivity index (χ4n) is 7.25. The van der Waals surface area contributed by atoms with Crippen LogP contribution >= 0.6 is 22.7 Å². The second-order valence-corrected chi connectivity index (χ2v) is 21.5. The lowest BCUT2D eigenvalue weighted by atomic mass is 10.2. The number of rotatable bonds is 8. The number of hydrogen-bond acceptors (Lipinski definition) is 0. The van der Waals surface area contributed by atoms with E-state index in [9.17, 15) is 34.5 Å². The molecule has 0 saturated heterocycles. The molecule has 0 radical (unpaired) electrons. The maximum Gasteiger partial charge on any atom is 0.673 e. The zero-order valence-corrected chi connectivity index (χ0v) is 33.0. The Labute approximate surface area is 329 Å². The van der Waals surface area contributed by atoms with Gasteiger partial charge in [-0.05, 0) is 93.1 Å². The fourth-order valence-corrected chi connectivity index (χ4v) is 20.9. The van der Waals surface area contributed by atoms with Crippen molar-refractivity contribution in [1.82, 2.24) is 0 Å². The minimum atomic E-state index is -6.00. The number of benzene rings is 7. The minimum Gasteiger partial charge on any atom is -0.418 e. The molecule has 13 heteroatoms. The quantitative estimate of drug-likeness (QED) is 0.0813. The summed E-state index contributed by atoms with van der Waals surface area (Å²) in [5.74, 6) is 0. The molecule has 0 atom stereocenters. The van der Waals surface area contributed by atoms with E-state index in [1.807, 2.05) is 0 Å². The zero-order chi connectivity index (χ0) is 40.5. The van der Waals surface area contributed by atoms with Crippen LogP contribution in [0.15, 0.2) is 206 Å². The lowest BCUT2D eigenvalue weighted by Gasteiger charge is -2.28. The standard InChI is InChI=1S/C44H35P3.2BF4/c1-7-21-35(22-8-1)46(36-23-9-2-10-24-36,37-25-11-3-12-26-37)43-41-33-19-20-34-42(41)44(45-43)47(38-27-13-4-14-28-38,39-29-15-5-16-30-39)40-31-17-6-18-32-40;2*2-1(3,4)5/h1-34,45H;;/q+2;2*-1. The van der Waals surface area contributed by atoms with Crippen molar-refractivity contribution >= 4 is 89.9 Å². The summed E-state index contributed by atoms with van der Waals surface area (Å²) in [6, 6.07) is 77.4. The molecular formula is C44H35B2F8P3. The van der Waals surface area contributed by atoms with Gasteiger partial charge in [-0.25, -0.2) is 0 Å². The average molecular weight is 830 g/mol. The van der Waals surface area contributed by atoms with Gasteiger partial charge in [0.2, 0.25) is 0 Å². The molecule has 1 aromatic heterocycles. The molecule has 0 spiro atoms. The Hall–Kier alpha value is -4.99. The van der Waals surface area contributed by atoms with Crippen LogP contribution in [0, 0.1) is 0 Å². The SMILES string of the molecule is F[B-](F)(F)F.F[B-](F)(F)F.c1ccc([P+](c2ccccc2)(c2ccccc2)c2[pH]c([P+](c3ccccc3)(c3ccccc3)c3ccccc3)c3ccccc23)cc1. The van der Waals surface area contributed by atoms with E-state index in [-0.39, 0.29) is 0 Å². The molecule has 0 nitrogen and oxygen atoms in total. The summed E-state index contributed by atoms with van der Waals surface area (Å²) in [6.45, 7) is 0. The molecule has 0 fully saturated rings. The molecule has 7 aromatic carbocycles. The summed E-state index contributed by atoms with van der Waals surface area (Å²) in [4.78, 5) is 0. The minimum absolute atomic E-state index is 0.517. The predicted octanol–water partition coefficient (Wildman–Crippen LogP) is 10.7. The van der Waals surface area contributed by atoms with Crippen molar-refractivity contribution in [3.8, 4) is 0 Å². The molecule has 8 rings (SSSR count). The highest BCUT2D eigenvalue weighted by Gasteiger charge is 2.55. The van der Waals surface area contributed by atoms with E-state index in [1.165, 1.54) is 42.6 Å². The molecule has 0 N–H and O–H groups in total. The molecule has 0 amide bonds. The third-order valence-electron chi connectivity index (χ3n) is 9.21. The lowest BCUT2D eigenvalue weighted by molar-refractivity contribution is 0.366. The van der Waals surface area contributed by atoms with E-state index < -0.39 is 29.0 Å². The molecule has 288 valence electrons. The van der Waals surface area contributed by atoms with Crippen LogP contribution in [0.5, 0.6) is 0 Å². The summed E-state index contributed by atoms with van der Waals surface area (Å²) in [5.41, 5.74) is 0. The van der Waals surface area contributed by atoms with E-state index in [2.05, 4.69) is 206 Å². The third kappa shape index (κ3) is 9.43. The number of halogens is 8. The van der Waals surface area contributed by atoms with Gasteiger partial charge in [0.05, 0.1) is 0 Å². The van der Waals surface area contributed by atoms with E-state index in [0.29, 0.717) is 8.19 Å². The van der Waals surface area contributed by atoms with Gasteiger partial charge in [0.15, 0.2) is 0 Å². The first-order valence-electron chi connectivity index (χ1n) is 17.8. The van der Waals surface area contributed by atoms with Crippen molar-refractivity contribution in [2.45, 2.75) is 0 Å². The van der Waals surface area contributed by atoms with E-state index in [0.717, 1.165) is 0 Å². The van der Waals surface area contributed by atoms with E-state index in [4.69, 9.17) is 0 Å². The number of hydrogen-bond donors (Lipinski definition) is 0. The normalized spacial score (nSPS) is 11.9. The lowest BCUT2D eigenvalue weighted by Crippen LogP contribution is -2.38. The molecule has 0 saturated carbocycles. The Morgan fingerprint density at radius 2 is 0.421 bits per heavy atom. The van der Waals surface area contributed by atoms with Crippen molar-refractivity contribution in [2.75, 3.05) is 0 Å². The summed E-state index contributed by atoms with van der Waals surface area (Å²) in [7, 11) is -16.1. The van der Waals surface area contributed by atoms with Crippen LogP contribution in [0.25, 0.3) is 10.8 Å². The molecule has 57 heavy (non-hydrogen) atoms. The van der Waals surface area contributed by atoms with Crippen LogP contribution in [-0.4, -0.2) is 14.5 Å². The summed E-state index contributed by atoms with van der Waals surface area (Å²) >= 11 is 0. The molecule has 0 unspecified atom stereocenters. The van der Waals surface area contributed by atoms with Crippen LogP contribution in [0.2, 0.25) is 0 Å². The van der Waals surface area contributed by atoms with Gasteiger partial charge in [-0.15, -0.1) is 0 Å². The topological polar surface area (TPSA) is 0 Å². The molecule has 8 aromatic rings. The Morgan fingerprint density at radius 1 is 0.263 bits per heavy atom. The van der Waals surface area contributed by atoms with Crippen molar-refractivity contribution in [1.29, 1.82) is 0 Å². The van der Waals surface area contributed by atoms with Gasteiger partial charge in [-0.1, -0.05) is 121 Å². The van der Waals surface area contributed by atoms with Gasteiger partial charge in [-0.2, -0.15) is 0 Å². The van der Waals surface area contributed by atoms with Crippen molar-refractivity contribution in [3.63, 3.8) is 0 Å². The largest absolute Gasteiger partial charge is 0.673 e. The van der Waals surface area contributed by atoms with Gasteiger partial charge in [-0.3, -0.25) is 0 Å². The molecule has 0 bridgehead atoms. The van der Waals surface area contributed by atoms with E-state index in [1.54, 1.807) is 10.1 Å². The highest BCUT2D eigenvalue weighted by Crippen LogP contribution is 2.63. The van der Waals surface area contributed by atoms with Crippen molar-refractivity contribution < 1.29 is 34.5 Å². The van der Waals surface area contributed by atoms with Gasteiger partial charge >= 0.3 is 14.5 Å². The second-order valence-electron chi connectivity index (χ2n) is 12.7. The van der Waals surface area contributed by atoms with E-state index >= 15 is 0 Å². The molecule has 0 aliphatic heterocycles. The summed E-state index contributed by atoms with van der Waals surface area (Å²) in [5, 5.41) is 14.3. The third-order valence-corrected chi connectivity index (χ3v) is 21.2. The second kappa shape index (κ2) is 18.1. The highest BCUT2D eigenvalue weighted by atomic mass is 31.2. The maximum absolute atomic E-state index is 9.75. The molecule has 1 heterocycles. The van der Waals surface area contributed by atoms with Crippen LogP contribution in [0.4, 0.5) is 34.5 Å². The van der Waals surface area contributed by atoms with Crippen LogP contribution in [-0.2, 0) is 0 Å². The van der Waals surface area contributed by atoms with Gasteiger partial charge in [0.25, 0.3) is 0 Å². The summed E-state index contributed by atoms with van der Waals surface area (Å²) < 4.78 is 78.0. The zero-order valence-electron chi connectivity index (χ0n) is 30.2. The van der Waals surface area contributed by atoms with Crippen LogP contribution in [0.3, 0.4) is 0 Å². The van der Waals surface area contributed by atoms with Gasteiger partial charge < -0.3 is 34.5 Å². The number of fused-ring (bicyclic) bond motifs is 1. The smallest absolute Gasteiger partial charge is 0.418 e. The first kappa shape index (κ1) is 41.6. The molecular weight excluding hydrogens is 795 g/mol.